The van der Waals surface area contributed by atoms with Gasteiger partial charge in [0.2, 0.25) is 21.8 Å². The zero-order valence-corrected chi connectivity index (χ0v) is 19.8. The molecule has 11 heteroatoms. The van der Waals surface area contributed by atoms with Crippen molar-refractivity contribution >= 4 is 33.4 Å². The minimum Gasteiger partial charge on any atom is -0.489 e. The molecule has 0 unspecified atom stereocenters. The van der Waals surface area contributed by atoms with E-state index in [0.717, 1.165) is 25.9 Å². The molecule has 2 amide bonds. The number of ether oxygens (including phenoxy) is 1. The van der Waals surface area contributed by atoms with Crippen LogP contribution in [0.1, 0.15) is 39.0 Å². The van der Waals surface area contributed by atoms with E-state index in [1.54, 1.807) is 13.0 Å². The van der Waals surface area contributed by atoms with Gasteiger partial charge in [-0.15, -0.1) is 0 Å². The lowest BCUT2D eigenvalue weighted by atomic mass is 10.0. The summed E-state index contributed by atoms with van der Waals surface area (Å²) in [5, 5.41) is 6.37. The van der Waals surface area contributed by atoms with E-state index >= 15 is 0 Å². The molecule has 2 aliphatic rings. The molecule has 1 aromatic carbocycles. The van der Waals surface area contributed by atoms with Gasteiger partial charge in [-0.1, -0.05) is 18.5 Å². The van der Waals surface area contributed by atoms with Gasteiger partial charge in [-0.2, -0.15) is 4.31 Å². The van der Waals surface area contributed by atoms with Crippen molar-refractivity contribution in [2.75, 3.05) is 26.2 Å². The molecular formula is C21H31ClN4O5S. The van der Waals surface area contributed by atoms with Gasteiger partial charge in [-0.05, 0) is 57.0 Å². The number of benzene rings is 1. The smallest absolute Gasteiger partial charge is 0.243 e. The predicted octanol–water partition coefficient (Wildman–Crippen LogP) is 1.25. The maximum atomic E-state index is 13.1. The van der Waals surface area contributed by atoms with Crippen molar-refractivity contribution in [2.45, 2.75) is 56.1 Å². The Labute approximate surface area is 194 Å². The van der Waals surface area contributed by atoms with E-state index in [0.29, 0.717) is 25.1 Å². The van der Waals surface area contributed by atoms with Gasteiger partial charge < -0.3 is 21.1 Å². The van der Waals surface area contributed by atoms with E-state index < -0.39 is 15.9 Å². The van der Waals surface area contributed by atoms with Crippen LogP contribution in [0, 0.1) is 5.92 Å². The summed E-state index contributed by atoms with van der Waals surface area (Å²) in [7, 11) is -3.75. The highest BCUT2D eigenvalue weighted by Crippen LogP contribution is 2.31. The molecular weight excluding hydrogens is 456 g/mol. The van der Waals surface area contributed by atoms with Crippen molar-refractivity contribution in [3.8, 4) is 5.75 Å². The molecule has 4 N–H and O–H groups in total. The fourth-order valence-electron chi connectivity index (χ4n) is 3.83. The van der Waals surface area contributed by atoms with Gasteiger partial charge in [0, 0.05) is 31.5 Å². The maximum Gasteiger partial charge on any atom is 0.243 e. The van der Waals surface area contributed by atoms with Crippen LogP contribution in [0.2, 0.25) is 5.02 Å². The minimum atomic E-state index is -3.75. The van der Waals surface area contributed by atoms with Gasteiger partial charge in [-0.25, -0.2) is 8.42 Å². The number of carbonyl (C=O) groups excluding carboxylic acids is 2. The average Bonchev–Trinajstić information content (AvgIpc) is 3.23. The van der Waals surface area contributed by atoms with E-state index in [2.05, 4.69) is 10.6 Å². The Morgan fingerprint density at radius 3 is 2.69 bits per heavy atom. The Balaban J connectivity index is 1.56. The molecule has 32 heavy (non-hydrogen) atoms. The van der Waals surface area contributed by atoms with Crippen LogP contribution in [-0.2, 0) is 19.6 Å². The lowest BCUT2D eigenvalue weighted by Crippen LogP contribution is -2.38. The Kier molecular flexibility index (Phi) is 8.37. The quantitative estimate of drug-likeness (QED) is 0.481. The highest BCUT2D eigenvalue weighted by molar-refractivity contribution is 7.89. The normalized spacial score (nSPS) is 21.2. The molecule has 0 spiro atoms. The van der Waals surface area contributed by atoms with Crippen LogP contribution in [-0.4, -0.2) is 62.9 Å². The maximum absolute atomic E-state index is 13.1. The molecule has 1 aromatic rings. The van der Waals surface area contributed by atoms with Crippen LogP contribution < -0.4 is 21.1 Å². The fourth-order valence-corrected chi connectivity index (χ4v) is 5.65. The molecule has 2 heterocycles. The first-order chi connectivity index (χ1) is 15.2. The van der Waals surface area contributed by atoms with Crippen LogP contribution in [0.25, 0.3) is 0 Å². The van der Waals surface area contributed by atoms with Crippen LogP contribution in [0.4, 0.5) is 0 Å². The molecule has 178 valence electrons. The lowest BCUT2D eigenvalue weighted by Gasteiger charge is -2.24. The summed E-state index contributed by atoms with van der Waals surface area (Å²) in [4.78, 5) is 23.3. The number of hydrogen-bond donors (Lipinski definition) is 3. The van der Waals surface area contributed by atoms with Gasteiger partial charge in [0.15, 0.2) is 0 Å². The second-order valence-electron chi connectivity index (χ2n) is 8.42. The number of hydrogen-bond acceptors (Lipinski definition) is 6. The van der Waals surface area contributed by atoms with Crippen LogP contribution in [0.5, 0.6) is 5.75 Å². The van der Waals surface area contributed by atoms with E-state index in [1.807, 2.05) is 0 Å². The minimum absolute atomic E-state index is 0.0603. The van der Waals surface area contributed by atoms with Gasteiger partial charge >= 0.3 is 0 Å². The SMILES string of the molecule is C[C@@H](CCC(=O)N[C@H]1CCN(S(=O)(=O)c2ccc(OC3CCNCC3)c(Cl)c2)C1)C(N)=O. The van der Waals surface area contributed by atoms with Crippen molar-refractivity contribution in [1.82, 2.24) is 14.9 Å². The summed E-state index contributed by atoms with van der Waals surface area (Å²) in [6.07, 6.45) is 2.85. The second-order valence-corrected chi connectivity index (χ2v) is 10.8. The van der Waals surface area contributed by atoms with Crippen molar-refractivity contribution in [3.63, 3.8) is 0 Å². The first-order valence-corrected chi connectivity index (χ1v) is 12.7. The van der Waals surface area contributed by atoms with Crippen molar-refractivity contribution in [2.24, 2.45) is 11.7 Å². The summed E-state index contributed by atoms with van der Waals surface area (Å²) in [6.45, 7) is 3.92. The molecule has 0 saturated carbocycles. The monoisotopic (exact) mass is 486 g/mol. The van der Waals surface area contributed by atoms with Crippen LogP contribution in [0.15, 0.2) is 23.1 Å². The molecule has 0 aliphatic carbocycles. The number of carbonyl (C=O) groups is 2. The van der Waals surface area contributed by atoms with E-state index in [-0.39, 0.29) is 46.9 Å². The highest BCUT2D eigenvalue weighted by Gasteiger charge is 2.33. The first kappa shape index (κ1) is 24.8. The van der Waals surface area contributed by atoms with Gasteiger partial charge in [0.05, 0.1) is 9.92 Å². The molecule has 2 fully saturated rings. The third kappa shape index (κ3) is 6.34. The molecule has 0 aromatic heterocycles. The Morgan fingerprint density at radius 2 is 2.03 bits per heavy atom. The molecule has 2 atom stereocenters. The van der Waals surface area contributed by atoms with Crippen molar-refractivity contribution in [1.29, 1.82) is 0 Å². The number of nitrogens with one attached hydrogen (secondary N) is 2. The Bertz CT molecular complexity index is 936. The predicted molar refractivity (Wildman–Crippen MR) is 121 cm³/mol. The molecule has 0 bridgehead atoms. The topological polar surface area (TPSA) is 131 Å². The summed E-state index contributed by atoms with van der Waals surface area (Å²) in [6, 6.07) is 4.25. The number of nitrogens with zero attached hydrogens (tertiary/aromatic N) is 1. The summed E-state index contributed by atoms with van der Waals surface area (Å²) >= 11 is 6.33. The molecule has 9 nitrogen and oxygen atoms in total. The number of rotatable bonds is 9. The molecule has 0 radical (unpaired) electrons. The van der Waals surface area contributed by atoms with Crippen molar-refractivity contribution in [3.05, 3.63) is 23.2 Å². The highest BCUT2D eigenvalue weighted by atomic mass is 35.5. The van der Waals surface area contributed by atoms with Crippen LogP contribution >= 0.6 is 11.6 Å². The number of nitrogens with two attached hydrogens (primary N) is 1. The van der Waals surface area contributed by atoms with Gasteiger partial charge in [0.25, 0.3) is 0 Å². The lowest BCUT2D eigenvalue weighted by molar-refractivity contribution is -0.123. The third-order valence-electron chi connectivity index (χ3n) is 5.93. The standard InChI is InChI=1S/C21H31ClN4O5S/c1-14(21(23)28)2-5-20(27)25-15-8-11-26(13-15)32(29,30)17-3-4-19(18(22)12-17)31-16-6-9-24-10-7-16/h3-4,12,14-16,24H,2,5-11,13H2,1H3,(H2,23,28)(H,25,27)/t14-,15-/m0/s1. The van der Waals surface area contributed by atoms with Crippen LogP contribution in [0.3, 0.4) is 0 Å². The Morgan fingerprint density at radius 1 is 1.31 bits per heavy atom. The van der Waals surface area contributed by atoms with E-state index in [1.165, 1.54) is 16.4 Å². The number of primary amides is 1. The zero-order chi connectivity index (χ0) is 23.3. The van der Waals surface area contributed by atoms with Gasteiger partial charge in [-0.3, -0.25) is 9.59 Å². The third-order valence-corrected chi connectivity index (χ3v) is 8.08. The number of halogens is 1. The number of amides is 2. The van der Waals surface area contributed by atoms with Gasteiger partial charge in [0.1, 0.15) is 11.9 Å². The second kappa shape index (κ2) is 10.8. The largest absolute Gasteiger partial charge is 0.489 e. The molecule has 2 aliphatic heterocycles. The molecule has 3 rings (SSSR count). The average molecular weight is 487 g/mol. The van der Waals surface area contributed by atoms with Crippen molar-refractivity contribution < 1.29 is 22.7 Å². The number of sulfonamides is 1. The van der Waals surface area contributed by atoms with E-state index in [9.17, 15) is 18.0 Å². The fraction of sp³-hybridized carbons (Fsp3) is 0.619. The zero-order valence-electron chi connectivity index (χ0n) is 18.2. The number of piperidine rings is 1. The van der Waals surface area contributed by atoms with E-state index in [4.69, 9.17) is 22.1 Å². The summed E-state index contributed by atoms with van der Waals surface area (Å²) in [5.41, 5.74) is 5.21. The summed E-state index contributed by atoms with van der Waals surface area (Å²) < 4.78 is 33.4. The first-order valence-electron chi connectivity index (χ1n) is 10.9. The summed E-state index contributed by atoms with van der Waals surface area (Å²) in [5.74, 6) is -0.562. The Hall–Kier alpha value is -1.88. The molecule has 2 saturated heterocycles.